The van der Waals surface area contributed by atoms with E-state index in [1.165, 1.54) is 13.1 Å². The van der Waals surface area contributed by atoms with Crippen LogP contribution in [0.4, 0.5) is 11.5 Å². The van der Waals surface area contributed by atoms with Crippen LogP contribution in [0, 0.1) is 0 Å². The fourth-order valence-electron chi connectivity index (χ4n) is 3.52. The van der Waals surface area contributed by atoms with Gasteiger partial charge < -0.3 is 15.5 Å². The maximum Gasteiger partial charge on any atom is 0.276 e. The largest absolute Gasteiger partial charge is 0.362 e. The minimum Gasteiger partial charge on any atom is -0.362 e. The molecule has 0 fully saturated rings. The van der Waals surface area contributed by atoms with E-state index < -0.39 is 11.6 Å². The number of aromatic nitrogens is 4. The highest BCUT2D eigenvalue weighted by Gasteiger charge is 2.16. The zero-order valence-electron chi connectivity index (χ0n) is 19.6. The lowest BCUT2D eigenvalue weighted by Crippen LogP contribution is -2.20. The lowest BCUT2D eigenvalue weighted by Gasteiger charge is -2.10. The van der Waals surface area contributed by atoms with Crippen LogP contribution >= 0.6 is 0 Å². The molecule has 10 heteroatoms. The predicted octanol–water partition coefficient (Wildman–Crippen LogP) is 2.90. The Balaban J connectivity index is 1.51. The molecule has 3 aromatic heterocycles. The van der Waals surface area contributed by atoms with Crippen LogP contribution in [-0.4, -0.2) is 63.2 Å². The number of fused-ring (bicyclic) bond motifs is 1. The Morgan fingerprint density at radius 1 is 1.00 bits per heavy atom. The summed E-state index contributed by atoms with van der Waals surface area (Å²) in [6, 6.07) is 11.1. The van der Waals surface area contributed by atoms with Gasteiger partial charge in [-0.2, -0.15) is 5.10 Å². The number of ketones is 2. The maximum absolute atomic E-state index is 13.0. The van der Waals surface area contributed by atoms with Gasteiger partial charge in [-0.3, -0.25) is 24.5 Å². The van der Waals surface area contributed by atoms with Crippen molar-refractivity contribution in [3.8, 4) is 11.1 Å². The predicted molar refractivity (Wildman–Crippen MR) is 133 cm³/mol. The number of hydrogen-bond donors (Lipinski definition) is 3. The van der Waals surface area contributed by atoms with Crippen molar-refractivity contribution in [2.75, 3.05) is 31.3 Å². The summed E-state index contributed by atoms with van der Waals surface area (Å²) in [6.45, 7) is 1.86. The van der Waals surface area contributed by atoms with Gasteiger partial charge in [-0.15, -0.1) is 0 Å². The van der Waals surface area contributed by atoms with Gasteiger partial charge in [0, 0.05) is 36.8 Å². The molecule has 1 amide bonds. The van der Waals surface area contributed by atoms with Crippen LogP contribution in [0.3, 0.4) is 0 Å². The summed E-state index contributed by atoms with van der Waals surface area (Å²) in [5.41, 5.74) is 4.44. The number of benzene rings is 1. The molecule has 0 atom stereocenters. The average Bonchev–Trinajstić information content (AvgIpc) is 3.26. The number of aromatic amines is 1. The molecule has 3 heterocycles. The number of carbonyl (C=O) groups excluding carboxylic acids is 3. The van der Waals surface area contributed by atoms with E-state index in [2.05, 4.69) is 41.8 Å². The highest BCUT2D eigenvalue weighted by atomic mass is 16.2. The molecule has 4 rings (SSSR count). The monoisotopic (exact) mass is 471 g/mol. The summed E-state index contributed by atoms with van der Waals surface area (Å²) in [7, 11) is 4.01. The second-order valence-corrected chi connectivity index (χ2v) is 8.37. The van der Waals surface area contributed by atoms with Gasteiger partial charge in [-0.05, 0) is 55.6 Å². The van der Waals surface area contributed by atoms with Crippen LogP contribution in [0.1, 0.15) is 23.0 Å². The molecular formula is C25H25N7O3. The first-order chi connectivity index (χ1) is 16.8. The van der Waals surface area contributed by atoms with E-state index in [1.54, 1.807) is 18.3 Å². The van der Waals surface area contributed by atoms with Crippen molar-refractivity contribution in [2.45, 2.75) is 13.5 Å². The first-order valence-electron chi connectivity index (χ1n) is 10.9. The van der Waals surface area contributed by atoms with Crippen LogP contribution in [0.15, 0.2) is 55.0 Å². The van der Waals surface area contributed by atoms with E-state index in [9.17, 15) is 14.4 Å². The molecule has 3 N–H and O–H groups in total. The molecular weight excluding hydrogens is 446 g/mol. The number of hydrogen-bond acceptors (Lipinski definition) is 8. The highest BCUT2D eigenvalue weighted by molar-refractivity contribution is 6.37. The van der Waals surface area contributed by atoms with Crippen LogP contribution in [0.5, 0.6) is 0 Å². The molecule has 0 radical (unpaired) electrons. The maximum atomic E-state index is 13.0. The third kappa shape index (κ3) is 5.74. The first kappa shape index (κ1) is 23.7. The number of nitrogens with zero attached hydrogens (tertiary/aromatic N) is 4. The van der Waals surface area contributed by atoms with Crippen LogP contribution in [-0.2, 0) is 16.1 Å². The zero-order valence-corrected chi connectivity index (χ0v) is 19.6. The molecule has 1 aromatic carbocycles. The van der Waals surface area contributed by atoms with Crippen LogP contribution in [0.25, 0.3) is 22.0 Å². The van der Waals surface area contributed by atoms with Crippen molar-refractivity contribution in [2.24, 2.45) is 0 Å². The third-order valence-electron chi connectivity index (χ3n) is 5.25. The van der Waals surface area contributed by atoms with Crippen LogP contribution in [0.2, 0.25) is 0 Å². The molecule has 10 nitrogen and oxygen atoms in total. The first-order valence-corrected chi connectivity index (χ1v) is 10.9. The average molecular weight is 472 g/mol. The van der Waals surface area contributed by atoms with Crippen molar-refractivity contribution >= 4 is 39.9 Å². The molecule has 178 valence electrons. The molecule has 0 aliphatic rings. The number of amides is 1. The topological polar surface area (TPSA) is 133 Å². The number of Topliss-reactive ketones (excluding diaryl/α,β-unsaturated/α-hetero) is 2. The Hall–Kier alpha value is -4.44. The third-order valence-corrected chi connectivity index (χ3v) is 5.25. The number of rotatable bonds is 9. The normalized spacial score (nSPS) is 11.0. The fraction of sp³-hybridized carbons (Fsp3) is 0.200. The Morgan fingerprint density at radius 3 is 2.54 bits per heavy atom. The summed E-state index contributed by atoms with van der Waals surface area (Å²) < 4.78 is 0. The second kappa shape index (κ2) is 10.2. The standard InChI is InChI=1S/C25H25N7O3/c1-15(33)22(34)13-28-23-7-5-19(12-27-23)29-25(35)24-20-9-17(4-6-21(20)30-31-24)18-8-16(10-26-11-18)14-32(2)3/h4-12H,13-14H2,1-3H3,(H,27,28)(H,29,35)(H,30,31). The van der Waals surface area contributed by atoms with Crippen molar-refractivity contribution in [3.05, 3.63) is 66.2 Å². The minimum atomic E-state index is -0.533. The summed E-state index contributed by atoms with van der Waals surface area (Å²) in [4.78, 5) is 46.0. The lowest BCUT2D eigenvalue weighted by atomic mass is 10.0. The van der Waals surface area contributed by atoms with E-state index in [4.69, 9.17) is 0 Å². The summed E-state index contributed by atoms with van der Waals surface area (Å²) >= 11 is 0. The van der Waals surface area contributed by atoms with Gasteiger partial charge in [0.25, 0.3) is 5.91 Å². The van der Waals surface area contributed by atoms with Gasteiger partial charge in [0.15, 0.2) is 11.5 Å². The van der Waals surface area contributed by atoms with E-state index in [1.807, 2.05) is 38.5 Å². The number of nitrogens with one attached hydrogen (secondary N) is 3. The zero-order chi connectivity index (χ0) is 24.9. The van der Waals surface area contributed by atoms with Crippen LogP contribution < -0.4 is 10.6 Å². The molecule has 0 saturated heterocycles. The van der Waals surface area contributed by atoms with E-state index >= 15 is 0 Å². The fourth-order valence-corrected chi connectivity index (χ4v) is 3.52. The molecule has 4 aromatic rings. The van der Waals surface area contributed by atoms with Crippen molar-refractivity contribution in [1.82, 2.24) is 25.1 Å². The van der Waals surface area contributed by atoms with Crippen molar-refractivity contribution in [1.29, 1.82) is 0 Å². The van der Waals surface area contributed by atoms with E-state index in [-0.39, 0.29) is 18.1 Å². The van der Waals surface area contributed by atoms with Crippen molar-refractivity contribution < 1.29 is 14.4 Å². The molecule has 0 bridgehead atoms. The van der Waals surface area contributed by atoms with Gasteiger partial charge in [-0.25, -0.2) is 4.98 Å². The number of carbonyl (C=O) groups is 3. The van der Waals surface area contributed by atoms with Gasteiger partial charge in [-0.1, -0.05) is 6.07 Å². The Morgan fingerprint density at radius 2 is 1.83 bits per heavy atom. The minimum absolute atomic E-state index is 0.136. The van der Waals surface area contributed by atoms with E-state index in [0.717, 1.165) is 28.8 Å². The number of pyridine rings is 2. The highest BCUT2D eigenvalue weighted by Crippen LogP contribution is 2.26. The molecule has 0 spiro atoms. The van der Waals surface area contributed by atoms with Gasteiger partial charge in [0.2, 0.25) is 5.78 Å². The summed E-state index contributed by atoms with van der Waals surface area (Å²) in [5, 5.41) is 13.4. The summed E-state index contributed by atoms with van der Waals surface area (Å²) in [6.07, 6.45) is 5.10. The number of anilines is 2. The quantitative estimate of drug-likeness (QED) is 0.317. The summed E-state index contributed by atoms with van der Waals surface area (Å²) in [5.74, 6) is -1.03. The lowest BCUT2D eigenvalue weighted by molar-refractivity contribution is -0.134. The molecule has 0 aliphatic carbocycles. The Kier molecular flexibility index (Phi) is 6.93. The Labute approximate surface area is 201 Å². The SMILES string of the molecule is CC(=O)C(=O)CNc1ccc(NC(=O)c2n[nH]c3ccc(-c4cncc(CN(C)C)c4)cc23)cn1. The van der Waals surface area contributed by atoms with E-state index in [0.29, 0.717) is 16.9 Å². The van der Waals surface area contributed by atoms with Gasteiger partial charge in [0.05, 0.1) is 23.9 Å². The molecule has 0 unspecified atom stereocenters. The second-order valence-electron chi connectivity index (χ2n) is 8.37. The molecule has 0 saturated carbocycles. The van der Waals surface area contributed by atoms with Gasteiger partial charge >= 0.3 is 0 Å². The van der Waals surface area contributed by atoms with Gasteiger partial charge in [0.1, 0.15) is 5.82 Å². The van der Waals surface area contributed by atoms with Crippen molar-refractivity contribution in [3.63, 3.8) is 0 Å². The smallest absolute Gasteiger partial charge is 0.276 e. The molecule has 35 heavy (non-hydrogen) atoms. The molecule has 0 aliphatic heterocycles. The number of H-pyrrole nitrogens is 1. The Bertz CT molecular complexity index is 1390.